The Morgan fingerprint density at radius 2 is 1.64 bits per heavy atom. The van der Waals surface area contributed by atoms with Crippen LogP contribution in [0.1, 0.15) is 41.6 Å². The molecule has 1 aliphatic carbocycles. The van der Waals surface area contributed by atoms with Crippen molar-refractivity contribution in [1.29, 1.82) is 0 Å². The van der Waals surface area contributed by atoms with Crippen LogP contribution < -0.4 is 10.6 Å². The largest absolute Gasteiger partial charge is 0.385 e. The molecule has 2 N–H and O–H groups in total. The van der Waals surface area contributed by atoms with E-state index in [9.17, 15) is 4.79 Å². The Labute approximate surface area is 149 Å². The minimum absolute atomic E-state index is 0.101. The van der Waals surface area contributed by atoms with Gasteiger partial charge in [0.2, 0.25) is 0 Å². The molecule has 132 valence electrons. The molecule has 3 rings (SSSR count). The minimum atomic E-state index is -0.101. The first kappa shape index (κ1) is 17.5. The first-order valence-electron chi connectivity index (χ1n) is 8.98. The summed E-state index contributed by atoms with van der Waals surface area (Å²) in [6, 6.07) is 15.4. The average Bonchev–Trinajstić information content (AvgIpc) is 3.15. The zero-order chi connectivity index (χ0) is 17.5. The molecule has 4 nitrogen and oxygen atoms in total. The summed E-state index contributed by atoms with van der Waals surface area (Å²) < 4.78 is 5.08. The van der Waals surface area contributed by atoms with E-state index >= 15 is 0 Å². The van der Waals surface area contributed by atoms with E-state index in [0.29, 0.717) is 12.2 Å². The highest BCUT2D eigenvalue weighted by Crippen LogP contribution is 2.25. The highest BCUT2D eigenvalue weighted by atomic mass is 16.5. The van der Waals surface area contributed by atoms with Gasteiger partial charge in [-0.2, -0.15) is 0 Å². The number of carbonyl (C=O) groups excluding carboxylic acids is 1. The highest BCUT2D eigenvalue weighted by Gasteiger charge is 2.14. The van der Waals surface area contributed by atoms with Crippen LogP contribution in [0.2, 0.25) is 0 Å². The summed E-state index contributed by atoms with van der Waals surface area (Å²) in [5.41, 5.74) is 3.60. The van der Waals surface area contributed by atoms with Crippen molar-refractivity contribution in [1.82, 2.24) is 0 Å². The molecule has 1 aliphatic rings. The molecule has 0 bridgehead atoms. The van der Waals surface area contributed by atoms with Gasteiger partial charge in [0, 0.05) is 30.6 Å². The lowest BCUT2D eigenvalue weighted by Crippen LogP contribution is -2.12. The van der Waals surface area contributed by atoms with Gasteiger partial charge in [-0.25, -0.2) is 0 Å². The maximum Gasteiger partial charge on any atom is 0.255 e. The molecule has 0 aliphatic heterocycles. The fourth-order valence-corrected chi connectivity index (χ4v) is 3.27. The van der Waals surface area contributed by atoms with Crippen molar-refractivity contribution in [3.63, 3.8) is 0 Å². The Morgan fingerprint density at radius 1 is 1.00 bits per heavy atom. The van der Waals surface area contributed by atoms with Crippen molar-refractivity contribution in [2.75, 3.05) is 24.3 Å². The van der Waals surface area contributed by atoms with Crippen LogP contribution in [0.25, 0.3) is 0 Å². The number of amides is 1. The van der Waals surface area contributed by atoms with Gasteiger partial charge in [0.05, 0.1) is 6.61 Å². The summed E-state index contributed by atoms with van der Waals surface area (Å²) in [5.74, 6) is 0.705. The van der Waals surface area contributed by atoms with Crippen molar-refractivity contribution >= 4 is 17.3 Å². The van der Waals surface area contributed by atoms with Gasteiger partial charge in [-0.05, 0) is 60.7 Å². The zero-order valence-electron chi connectivity index (χ0n) is 14.8. The highest BCUT2D eigenvalue weighted by molar-refractivity contribution is 6.04. The van der Waals surface area contributed by atoms with Crippen LogP contribution in [0.3, 0.4) is 0 Å². The van der Waals surface area contributed by atoms with Gasteiger partial charge in [-0.3, -0.25) is 4.79 Å². The molecule has 1 amide bonds. The molecule has 2 aromatic rings. The molecule has 25 heavy (non-hydrogen) atoms. The molecule has 0 saturated heterocycles. The quantitative estimate of drug-likeness (QED) is 0.770. The maximum absolute atomic E-state index is 12.3. The van der Waals surface area contributed by atoms with Gasteiger partial charge in [-0.1, -0.05) is 25.0 Å². The minimum Gasteiger partial charge on any atom is -0.385 e. The number of ether oxygens (including phenoxy) is 1. The summed E-state index contributed by atoms with van der Waals surface area (Å²) in [5, 5.41) is 6.43. The molecule has 4 heteroatoms. The second-order valence-corrected chi connectivity index (χ2v) is 6.69. The van der Waals surface area contributed by atoms with Crippen LogP contribution >= 0.6 is 0 Å². The topological polar surface area (TPSA) is 50.4 Å². The molecule has 0 atom stereocenters. The molecule has 0 aromatic heterocycles. The Balaban J connectivity index is 1.52. The number of nitrogens with one attached hydrogen (secondary N) is 2. The number of hydrogen-bond acceptors (Lipinski definition) is 3. The first-order chi connectivity index (χ1) is 12.2. The molecule has 1 fully saturated rings. The van der Waals surface area contributed by atoms with Crippen molar-refractivity contribution in [3.8, 4) is 0 Å². The number of hydrogen-bond donors (Lipinski definition) is 2. The molecule has 1 saturated carbocycles. The molecule has 0 radical (unpaired) electrons. The lowest BCUT2D eigenvalue weighted by Gasteiger charge is -2.12. The van der Waals surface area contributed by atoms with E-state index in [1.54, 1.807) is 7.11 Å². The normalized spacial score (nSPS) is 14.4. The second kappa shape index (κ2) is 8.67. The van der Waals surface area contributed by atoms with Crippen molar-refractivity contribution < 1.29 is 9.53 Å². The number of methoxy groups -OCH3 is 1. The van der Waals surface area contributed by atoms with Gasteiger partial charge in [0.25, 0.3) is 5.91 Å². The number of carbonyl (C=O) groups is 1. The Morgan fingerprint density at radius 3 is 2.28 bits per heavy atom. The van der Waals surface area contributed by atoms with Crippen LogP contribution in [0.15, 0.2) is 48.5 Å². The fourth-order valence-electron chi connectivity index (χ4n) is 3.27. The summed E-state index contributed by atoms with van der Waals surface area (Å²) >= 11 is 0. The van der Waals surface area contributed by atoms with Crippen LogP contribution in [0, 0.1) is 5.92 Å². The molecular formula is C21H26N2O2. The third kappa shape index (κ3) is 5.07. The Hall–Kier alpha value is -2.33. The van der Waals surface area contributed by atoms with Crippen molar-refractivity contribution in [2.45, 2.75) is 32.3 Å². The van der Waals surface area contributed by atoms with E-state index in [0.717, 1.165) is 29.4 Å². The second-order valence-electron chi connectivity index (χ2n) is 6.69. The SMILES string of the molecule is COCc1ccc(C(=O)Nc2ccc(NCC3CCCC3)cc2)cc1. The lowest BCUT2D eigenvalue weighted by molar-refractivity contribution is 0.102. The van der Waals surface area contributed by atoms with E-state index in [1.807, 2.05) is 48.5 Å². The van der Waals surface area contributed by atoms with Crippen LogP contribution in [-0.4, -0.2) is 19.6 Å². The Bertz CT molecular complexity index is 674. The summed E-state index contributed by atoms with van der Waals surface area (Å²) in [6.07, 6.45) is 5.40. The van der Waals surface area contributed by atoms with Gasteiger partial charge >= 0.3 is 0 Å². The molecule has 0 unspecified atom stereocenters. The Kier molecular flexibility index (Phi) is 6.07. The maximum atomic E-state index is 12.3. The van der Waals surface area contributed by atoms with E-state index in [1.165, 1.54) is 25.7 Å². The van der Waals surface area contributed by atoms with E-state index in [2.05, 4.69) is 10.6 Å². The lowest BCUT2D eigenvalue weighted by atomic mass is 10.1. The summed E-state index contributed by atoms with van der Waals surface area (Å²) in [6.45, 7) is 1.59. The van der Waals surface area contributed by atoms with Gasteiger partial charge in [-0.15, -0.1) is 0 Å². The number of anilines is 2. The van der Waals surface area contributed by atoms with E-state index in [4.69, 9.17) is 4.74 Å². The van der Waals surface area contributed by atoms with E-state index in [-0.39, 0.29) is 5.91 Å². The smallest absolute Gasteiger partial charge is 0.255 e. The summed E-state index contributed by atoms with van der Waals surface area (Å²) in [7, 11) is 1.66. The fraction of sp³-hybridized carbons (Fsp3) is 0.381. The predicted molar refractivity (Wildman–Crippen MR) is 102 cm³/mol. The molecular weight excluding hydrogens is 312 g/mol. The zero-order valence-corrected chi connectivity index (χ0v) is 14.8. The van der Waals surface area contributed by atoms with Crippen molar-refractivity contribution in [3.05, 3.63) is 59.7 Å². The third-order valence-corrected chi connectivity index (χ3v) is 4.74. The third-order valence-electron chi connectivity index (χ3n) is 4.74. The van der Waals surface area contributed by atoms with E-state index < -0.39 is 0 Å². The predicted octanol–water partition coefficient (Wildman–Crippen LogP) is 4.69. The van der Waals surface area contributed by atoms with Gasteiger partial charge < -0.3 is 15.4 Å². The van der Waals surface area contributed by atoms with Crippen LogP contribution in [-0.2, 0) is 11.3 Å². The van der Waals surface area contributed by atoms with Crippen LogP contribution in [0.4, 0.5) is 11.4 Å². The van der Waals surface area contributed by atoms with Gasteiger partial charge in [0.15, 0.2) is 0 Å². The van der Waals surface area contributed by atoms with Gasteiger partial charge in [0.1, 0.15) is 0 Å². The first-order valence-corrected chi connectivity index (χ1v) is 8.98. The molecule has 0 heterocycles. The molecule has 0 spiro atoms. The standard InChI is InChI=1S/C21H26N2O2/c1-25-15-17-6-8-18(9-7-17)21(24)23-20-12-10-19(11-13-20)22-14-16-4-2-3-5-16/h6-13,16,22H,2-5,14-15H2,1H3,(H,23,24). The monoisotopic (exact) mass is 338 g/mol. The number of benzene rings is 2. The average molecular weight is 338 g/mol. The number of rotatable bonds is 7. The van der Waals surface area contributed by atoms with Crippen LogP contribution in [0.5, 0.6) is 0 Å². The van der Waals surface area contributed by atoms with Crippen molar-refractivity contribution in [2.24, 2.45) is 5.92 Å². The summed E-state index contributed by atoms with van der Waals surface area (Å²) in [4.78, 5) is 12.3. The molecule has 2 aromatic carbocycles.